The number of halogens is 1. The summed E-state index contributed by atoms with van der Waals surface area (Å²) in [5.74, 6) is -0.915. The van der Waals surface area contributed by atoms with Gasteiger partial charge < -0.3 is 10.1 Å². The molecule has 0 saturated heterocycles. The standard InChI is InChI=1S/C17H18FNO3S2/c1-11(15-4-3-7-24-15)19-16(20)9-22-17(21)12-5-6-14(18)13(8-12)10-23-2/h3-8,11H,9-10H2,1-2H3,(H,19,20). The lowest BCUT2D eigenvalue weighted by molar-refractivity contribution is -0.124. The average Bonchev–Trinajstić information content (AvgIpc) is 3.09. The topological polar surface area (TPSA) is 55.4 Å². The number of benzene rings is 1. The maximum absolute atomic E-state index is 13.6. The minimum absolute atomic E-state index is 0.143. The van der Waals surface area contributed by atoms with Crippen LogP contribution in [0.2, 0.25) is 0 Å². The Labute approximate surface area is 148 Å². The zero-order chi connectivity index (χ0) is 17.5. The minimum Gasteiger partial charge on any atom is -0.452 e. The fourth-order valence-corrected chi connectivity index (χ4v) is 3.34. The second-order valence-electron chi connectivity index (χ2n) is 5.12. The van der Waals surface area contributed by atoms with Crippen LogP contribution in [0.3, 0.4) is 0 Å². The number of esters is 1. The first-order chi connectivity index (χ1) is 11.5. The second-order valence-corrected chi connectivity index (χ2v) is 6.97. The third kappa shape index (κ3) is 5.07. The van der Waals surface area contributed by atoms with Gasteiger partial charge in [0.2, 0.25) is 0 Å². The van der Waals surface area contributed by atoms with Gasteiger partial charge in [0.05, 0.1) is 11.6 Å². The van der Waals surface area contributed by atoms with Gasteiger partial charge >= 0.3 is 5.97 Å². The minimum atomic E-state index is -0.642. The van der Waals surface area contributed by atoms with E-state index in [2.05, 4.69) is 5.32 Å². The van der Waals surface area contributed by atoms with Crippen LogP contribution in [0.15, 0.2) is 35.7 Å². The van der Waals surface area contributed by atoms with Crippen LogP contribution in [0.25, 0.3) is 0 Å². The van der Waals surface area contributed by atoms with Gasteiger partial charge in [0.15, 0.2) is 6.61 Å². The van der Waals surface area contributed by atoms with Gasteiger partial charge in [-0.25, -0.2) is 9.18 Å². The van der Waals surface area contributed by atoms with Gasteiger partial charge in [0, 0.05) is 10.6 Å². The van der Waals surface area contributed by atoms with E-state index in [-0.39, 0.29) is 29.9 Å². The van der Waals surface area contributed by atoms with E-state index < -0.39 is 5.97 Å². The van der Waals surface area contributed by atoms with Crippen molar-refractivity contribution in [1.82, 2.24) is 5.32 Å². The highest BCUT2D eigenvalue weighted by atomic mass is 32.2. The maximum Gasteiger partial charge on any atom is 0.338 e. The Morgan fingerprint density at radius 3 is 2.83 bits per heavy atom. The molecule has 1 aromatic carbocycles. The lowest BCUT2D eigenvalue weighted by atomic mass is 10.1. The molecule has 2 rings (SSSR count). The van der Waals surface area contributed by atoms with Crippen LogP contribution in [0, 0.1) is 5.82 Å². The molecular formula is C17H18FNO3S2. The maximum atomic E-state index is 13.6. The van der Waals surface area contributed by atoms with E-state index in [1.54, 1.807) is 11.3 Å². The molecule has 1 aromatic heterocycles. The third-order valence-corrected chi connectivity index (χ3v) is 4.92. The molecule has 1 heterocycles. The lowest BCUT2D eigenvalue weighted by Crippen LogP contribution is -2.30. The molecule has 0 saturated carbocycles. The molecule has 0 radical (unpaired) electrons. The van der Waals surface area contributed by atoms with Crippen LogP contribution in [-0.2, 0) is 15.3 Å². The lowest BCUT2D eigenvalue weighted by Gasteiger charge is -2.12. The third-order valence-electron chi connectivity index (χ3n) is 3.26. The monoisotopic (exact) mass is 367 g/mol. The van der Waals surface area contributed by atoms with Crippen LogP contribution in [-0.4, -0.2) is 24.7 Å². The van der Waals surface area contributed by atoms with E-state index in [0.29, 0.717) is 11.3 Å². The molecule has 0 spiro atoms. The van der Waals surface area contributed by atoms with Gasteiger partial charge in [-0.2, -0.15) is 11.8 Å². The number of carbonyl (C=O) groups is 2. The summed E-state index contributed by atoms with van der Waals surface area (Å²) >= 11 is 3.00. The summed E-state index contributed by atoms with van der Waals surface area (Å²) in [7, 11) is 0. The normalized spacial score (nSPS) is 11.8. The smallest absolute Gasteiger partial charge is 0.338 e. The first-order valence-corrected chi connectivity index (χ1v) is 9.56. The molecule has 7 heteroatoms. The van der Waals surface area contributed by atoms with E-state index in [4.69, 9.17) is 4.74 Å². The summed E-state index contributed by atoms with van der Waals surface area (Å²) in [5, 5.41) is 4.69. The Morgan fingerprint density at radius 2 is 2.17 bits per heavy atom. The van der Waals surface area contributed by atoms with E-state index in [0.717, 1.165) is 4.88 Å². The van der Waals surface area contributed by atoms with Crippen molar-refractivity contribution in [3.05, 3.63) is 57.5 Å². The van der Waals surface area contributed by atoms with Crippen molar-refractivity contribution in [3.8, 4) is 0 Å². The molecule has 0 fully saturated rings. The Hall–Kier alpha value is -1.86. The van der Waals surface area contributed by atoms with E-state index in [1.807, 2.05) is 30.7 Å². The largest absolute Gasteiger partial charge is 0.452 e. The van der Waals surface area contributed by atoms with E-state index in [1.165, 1.54) is 30.0 Å². The van der Waals surface area contributed by atoms with Crippen molar-refractivity contribution in [2.75, 3.05) is 12.9 Å². The van der Waals surface area contributed by atoms with Gasteiger partial charge in [-0.05, 0) is 48.4 Å². The van der Waals surface area contributed by atoms with E-state index >= 15 is 0 Å². The highest BCUT2D eigenvalue weighted by Gasteiger charge is 2.15. The van der Waals surface area contributed by atoms with Gasteiger partial charge in [-0.1, -0.05) is 6.07 Å². The fourth-order valence-electron chi connectivity index (χ4n) is 2.07. The Balaban J connectivity index is 1.88. The number of ether oxygens (including phenoxy) is 1. The first kappa shape index (κ1) is 18.5. The molecule has 128 valence electrons. The van der Waals surface area contributed by atoms with Crippen molar-refractivity contribution in [1.29, 1.82) is 0 Å². The molecule has 2 aromatic rings. The number of thioether (sulfide) groups is 1. The Morgan fingerprint density at radius 1 is 1.38 bits per heavy atom. The molecule has 1 N–H and O–H groups in total. The quantitative estimate of drug-likeness (QED) is 0.757. The SMILES string of the molecule is CSCc1cc(C(=O)OCC(=O)NC(C)c2cccs2)ccc1F. The summed E-state index contributed by atoms with van der Waals surface area (Å²) in [6.07, 6.45) is 1.85. The molecule has 0 aliphatic heterocycles. The van der Waals surface area contributed by atoms with E-state index in [9.17, 15) is 14.0 Å². The summed E-state index contributed by atoms with van der Waals surface area (Å²) < 4.78 is 18.6. The zero-order valence-electron chi connectivity index (χ0n) is 13.4. The van der Waals surface area contributed by atoms with Crippen molar-refractivity contribution >= 4 is 35.0 Å². The summed E-state index contributed by atoms with van der Waals surface area (Å²) in [6.45, 7) is 1.49. The van der Waals surface area contributed by atoms with Crippen LogP contribution < -0.4 is 5.32 Å². The van der Waals surface area contributed by atoms with Crippen molar-refractivity contribution < 1.29 is 18.7 Å². The number of hydrogen-bond donors (Lipinski definition) is 1. The number of rotatable bonds is 7. The molecule has 1 amide bonds. The second kappa shape index (κ2) is 8.84. The highest BCUT2D eigenvalue weighted by molar-refractivity contribution is 7.97. The van der Waals surface area contributed by atoms with Crippen LogP contribution >= 0.6 is 23.1 Å². The van der Waals surface area contributed by atoms with Crippen LogP contribution in [0.4, 0.5) is 4.39 Å². The fraction of sp³-hybridized carbons (Fsp3) is 0.294. The molecule has 0 aliphatic rings. The van der Waals surface area contributed by atoms with Gasteiger partial charge in [-0.15, -0.1) is 11.3 Å². The van der Waals surface area contributed by atoms with Crippen molar-refractivity contribution in [2.45, 2.75) is 18.7 Å². The summed E-state index contributed by atoms with van der Waals surface area (Å²) in [4.78, 5) is 24.9. The highest BCUT2D eigenvalue weighted by Crippen LogP contribution is 2.18. The first-order valence-electron chi connectivity index (χ1n) is 7.28. The Bertz CT molecular complexity index is 704. The Kier molecular flexibility index (Phi) is 6.81. The van der Waals surface area contributed by atoms with Crippen molar-refractivity contribution in [3.63, 3.8) is 0 Å². The van der Waals surface area contributed by atoms with Gasteiger partial charge in [-0.3, -0.25) is 4.79 Å². The zero-order valence-corrected chi connectivity index (χ0v) is 15.0. The van der Waals surface area contributed by atoms with Crippen LogP contribution in [0.1, 0.15) is 33.8 Å². The van der Waals surface area contributed by atoms with Gasteiger partial charge in [0.1, 0.15) is 5.82 Å². The molecule has 1 unspecified atom stereocenters. The van der Waals surface area contributed by atoms with Gasteiger partial charge in [0.25, 0.3) is 5.91 Å². The number of hydrogen-bond acceptors (Lipinski definition) is 5. The molecule has 1 atom stereocenters. The predicted octanol–water partition coefficient (Wildman–Crippen LogP) is 3.78. The molecule has 24 heavy (non-hydrogen) atoms. The number of nitrogens with one attached hydrogen (secondary N) is 1. The molecule has 4 nitrogen and oxygen atoms in total. The predicted molar refractivity (Wildman–Crippen MR) is 94.8 cm³/mol. The molecule has 0 bridgehead atoms. The number of carbonyl (C=O) groups excluding carboxylic acids is 2. The molecular weight excluding hydrogens is 349 g/mol. The van der Waals surface area contributed by atoms with Crippen molar-refractivity contribution in [2.24, 2.45) is 0 Å². The summed E-state index contributed by atoms with van der Waals surface area (Å²) in [5.41, 5.74) is 0.673. The average molecular weight is 367 g/mol. The van der Waals surface area contributed by atoms with Crippen LogP contribution in [0.5, 0.6) is 0 Å². The molecule has 0 aliphatic carbocycles. The number of amides is 1. The summed E-state index contributed by atoms with van der Waals surface area (Å²) in [6, 6.07) is 7.74. The number of thiophene rings is 1.